The van der Waals surface area contributed by atoms with Crippen LogP contribution < -0.4 is 4.74 Å². The maximum atomic E-state index is 11.2. The molecule has 1 aromatic carbocycles. The molecule has 0 radical (unpaired) electrons. The third-order valence-corrected chi connectivity index (χ3v) is 2.75. The molecule has 0 N–H and O–H groups in total. The van der Waals surface area contributed by atoms with Crippen LogP contribution in [0, 0.1) is 6.92 Å². The number of hydrogen-bond acceptors (Lipinski definition) is 3. The van der Waals surface area contributed by atoms with Crippen molar-refractivity contribution < 1.29 is 9.53 Å². The fourth-order valence-electron chi connectivity index (χ4n) is 1.50. The summed E-state index contributed by atoms with van der Waals surface area (Å²) < 4.78 is 5.59. The summed E-state index contributed by atoms with van der Waals surface area (Å²) in [6.07, 6.45) is 1.64. The summed E-state index contributed by atoms with van der Waals surface area (Å²) in [5.41, 5.74) is 1.42. The molecular formula is C14H12ClNO2. The Morgan fingerprint density at radius 2 is 1.94 bits per heavy atom. The molecule has 0 saturated carbocycles. The molecule has 0 atom stereocenters. The lowest BCUT2D eigenvalue weighted by molar-refractivity contribution is 0.101. The van der Waals surface area contributed by atoms with Crippen molar-refractivity contribution in [2.45, 2.75) is 13.8 Å². The number of pyridine rings is 1. The molecule has 0 bridgehead atoms. The predicted octanol–water partition coefficient (Wildman–Crippen LogP) is 4.04. The van der Waals surface area contributed by atoms with Gasteiger partial charge in [0, 0.05) is 17.3 Å². The van der Waals surface area contributed by atoms with Gasteiger partial charge in [0.25, 0.3) is 0 Å². The number of ketones is 1. The van der Waals surface area contributed by atoms with Gasteiger partial charge < -0.3 is 4.74 Å². The van der Waals surface area contributed by atoms with Gasteiger partial charge in [-0.15, -0.1) is 0 Å². The lowest BCUT2D eigenvalue weighted by Gasteiger charge is -2.07. The molecule has 3 nitrogen and oxygen atoms in total. The van der Waals surface area contributed by atoms with Crippen molar-refractivity contribution in [2.75, 3.05) is 0 Å². The first-order valence-electron chi connectivity index (χ1n) is 5.47. The highest BCUT2D eigenvalue weighted by Gasteiger charge is 2.07. The molecule has 0 fully saturated rings. The normalized spacial score (nSPS) is 10.2. The fraction of sp³-hybridized carbons (Fsp3) is 0.143. The van der Waals surface area contributed by atoms with E-state index in [0.717, 1.165) is 5.69 Å². The Morgan fingerprint density at radius 1 is 1.22 bits per heavy atom. The molecule has 0 amide bonds. The topological polar surface area (TPSA) is 39.2 Å². The number of aromatic nitrogens is 1. The van der Waals surface area contributed by atoms with Gasteiger partial charge in [0.05, 0.1) is 11.2 Å². The Morgan fingerprint density at radius 3 is 2.50 bits per heavy atom. The molecule has 0 saturated heterocycles. The Kier molecular flexibility index (Phi) is 3.63. The van der Waals surface area contributed by atoms with Crippen LogP contribution >= 0.6 is 11.6 Å². The SMILES string of the molecule is CC(=O)c1ccc(Oc2ccc(C)nc2)cc1Cl. The Hall–Kier alpha value is -1.87. The van der Waals surface area contributed by atoms with E-state index in [0.29, 0.717) is 22.1 Å². The van der Waals surface area contributed by atoms with E-state index >= 15 is 0 Å². The minimum absolute atomic E-state index is 0.0662. The van der Waals surface area contributed by atoms with Crippen LogP contribution in [-0.2, 0) is 0 Å². The van der Waals surface area contributed by atoms with Gasteiger partial charge in [-0.25, -0.2) is 0 Å². The number of Topliss-reactive ketones (excluding diaryl/α,β-unsaturated/α-hetero) is 1. The molecule has 1 heterocycles. The molecular weight excluding hydrogens is 250 g/mol. The summed E-state index contributed by atoms with van der Waals surface area (Å²) in [7, 11) is 0. The number of ether oxygens (including phenoxy) is 1. The van der Waals surface area contributed by atoms with Crippen molar-refractivity contribution in [3.05, 3.63) is 52.8 Å². The molecule has 0 unspecified atom stereocenters. The third-order valence-electron chi connectivity index (χ3n) is 2.44. The van der Waals surface area contributed by atoms with Gasteiger partial charge >= 0.3 is 0 Å². The number of halogens is 1. The lowest BCUT2D eigenvalue weighted by atomic mass is 10.1. The van der Waals surface area contributed by atoms with Crippen LogP contribution in [0.3, 0.4) is 0 Å². The average molecular weight is 262 g/mol. The highest BCUT2D eigenvalue weighted by molar-refractivity contribution is 6.34. The molecule has 18 heavy (non-hydrogen) atoms. The molecule has 4 heteroatoms. The van der Waals surface area contributed by atoms with Crippen molar-refractivity contribution in [1.29, 1.82) is 0 Å². The monoisotopic (exact) mass is 261 g/mol. The third kappa shape index (κ3) is 2.87. The van der Waals surface area contributed by atoms with Gasteiger partial charge in [0.2, 0.25) is 0 Å². The van der Waals surface area contributed by atoms with E-state index < -0.39 is 0 Å². The van der Waals surface area contributed by atoms with Gasteiger partial charge in [-0.1, -0.05) is 11.6 Å². The highest BCUT2D eigenvalue weighted by atomic mass is 35.5. The Balaban J connectivity index is 2.22. The van der Waals surface area contributed by atoms with E-state index in [-0.39, 0.29) is 5.78 Å². The van der Waals surface area contributed by atoms with Crippen molar-refractivity contribution >= 4 is 17.4 Å². The number of carbonyl (C=O) groups is 1. The fourth-order valence-corrected chi connectivity index (χ4v) is 1.80. The number of carbonyl (C=O) groups excluding carboxylic acids is 1. The zero-order valence-corrected chi connectivity index (χ0v) is 10.9. The summed E-state index contributed by atoms with van der Waals surface area (Å²) >= 11 is 6.00. The van der Waals surface area contributed by atoms with Crippen molar-refractivity contribution in [3.8, 4) is 11.5 Å². The first kappa shape index (κ1) is 12.6. The summed E-state index contributed by atoms with van der Waals surface area (Å²) in [5, 5.41) is 0.389. The second-order valence-corrected chi connectivity index (χ2v) is 4.34. The zero-order chi connectivity index (χ0) is 13.1. The highest BCUT2D eigenvalue weighted by Crippen LogP contribution is 2.26. The molecule has 1 aromatic heterocycles. The number of nitrogens with zero attached hydrogens (tertiary/aromatic N) is 1. The number of hydrogen-bond donors (Lipinski definition) is 0. The first-order valence-corrected chi connectivity index (χ1v) is 5.85. The van der Waals surface area contributed by atoms with Gasteiger partial charge in [0.15, 0.2) is 5.78 Å². The summed E-state index contributed by atoms with van der Waals surface area (Å²) in [4.78, 5) is 15.4. The summed E-state index contributed by atoms with van der Waals surface area (Å²) in [5.74, 6) is 1.14. The van der Waals surface area contributed by atoms with Crippen LogP contribution in [0.4, 0.5) is 0 Å². The Labute approximate surface area is 110 Å². The van der Waals surface area contributed by atoms with Crippen LogP contribution in [-0.4, -0.2) is 10.8 Å². The Bertz CT molecular complexity index is 579. The molecule has 0 aliphatic rings. The maximum absolute atomic E-state index is 11.2. The molecule has 0 spiro atoms. The largest absolute Gasteiger partial charge is 0.456 e. The molecule has 0 aliphatic heterocycles. The van der Waals surface area contributed by atoms with E-state index in [1.807, 2.05) is 19.1 Å². The zero-order valence-electron chi connectivity index (χ0n) is 10.1. The summed E-state index contributed by atoms with van der Waals surface area (Å²) in [6.45, 7) is 3.38. The summed E-state index contributed by atoms with van der Waals surface area (Å²) in [6, 6.07) is 8.68. The quantitative estimate of drug-likeness (QED) is 0.783. The first-order chi connectivity index (χ1) is 8.56. The van der Waals surface area contributed by atoms with Crippen LogP contribution in [0.25, 0.3) is 0 Å². The smallest absolute Gasteiger partial charge is 0.161 e. The van der Waals surface area contributed by atoms with Crippen LogP contribution in [0.5, 0.6) is 11.5 Å². The van der Waals surface area contributed by atoms with E-state index in [1.165, 1.54) is 6.92 Å². The van der Waals surface area contributed by atoms with Crippen LogP contribution in [0.15, 0.2) is 36.5 Å². The van der Waals surface area contributed by atoms with Crippen LogP contribution in [0.1, 0.15) is 23.0 Å². The molecule has 0 aliphatic carbocycles. The second-order valence-electron chi connectivity index (χ2n) is 3.94. The second kappa shape index (κ2) is 5.19. The molecule has 92 valence electrons. The van der Waals surface area contributed by atoms with E-state index in [1.54, 1.807) is 24.4 Å². The minimum Gasteiger partial charge on any atom is -0.456 e. The van der Waals surface area contributed by atoms with Gasteiger partial charge in [-0.2, -0.15) is 0 Å². The van der Waals surface area contributed by atoms with Crippen molar-refractivity contribution in [1.82, 2.24) is 4.98 Å². The van der Waals surface area contributed by atoms with E-state index in [9.17, 15) is 4.79 Å². The predicted molar refractivity (Wildman–Crippen MR) is 70.5 cm³/mol. The number of benzene rings is 1. The van der Waals surface area contributed by atoms with Gasteiger partial charge in [-0.05, 0) is 38.1 Å². The number of aryl methyl sites for hydroxylation is 1. The average Bonchev–Trinajstić information content (AvgIpc) is 2.32. The van der Waals surface area contributed by atoms with Crippen molar-refractivity contribution in [2.24, 2.45) is 0 Å². The molecule has 2 aromatic rings. The lowest BCUT2D eigenvalue weighted by Crippen LogP contribution is -1.94. The standard InChI is InChI=1S/C14H12ClNO2/c1-9-3-4-12(8-16-9)18-11-5-6-13(10(2)17)14(15)7-11/h3-8H,1-2H3. The van der Waals surface area contributed by atoms with Gasteiger partial charge in [-0.3, -0.25) is 9.78 Å². The van der Waals surface area contributed by atoms with E-state index in [4.69, 9.17) is 16.3 Å². The minimum atomic E-state index is -0.0662. The molecule has 2 rings (SSSR count). The van der Waals surface area contributed by atoms with Gasteiger partial charge in [0.1, 0.15) is 11.5 Å². The van der Waals surface area contributed by atoms with E-state index in [2.05, 4.69) is 4.98 Å². The maximum Gasteiger partial charge on any atom is 0.161 e. The van der Waals surface area contributed by atoms with Crippen LogP contribution in [0.2, 0.25) is 5.02 Å². The van der Waals surface area contributed by atoms with Crippen molar-refractivity contribution in [3.63, 3.8) is 0 Å². The number of rotatable bonds is 3.